The van der Waals surface area contributed by atoms with E-state index in [1.54, 1.807) is 11.8 Å². The van der Waals surface area contributed by atoms with Crippen molar-refractivity contribution in [1.29, 1.82) is 0 Å². The molecule has 0 aliphatic carbocycles. The van der Waals surface area contributed by atoms with Crippen LogP contribution in [0.15, 0.2) is 34.3 Å². The summed E-state index contributed by atoms with van der Waals surface area (Å²) >= 11 is 3.08. The molecule has 0 spiro atoms. The third-order valence-electron chi connectivity index (χ3n) is 5.88. The molecule has 5 rings (SSSR count). The van der Waals surface area contributed by atoms with Crippen LogP contribution in [0.2, 0.25) is 0 Å². The van der Waals surface area contributed by atoms with Crippen LogP contribution in [0, 0.1) is 0 Å². The van der Waals surface area contributed by atoms with E-state index in [1.165, 1.54) is 18.3 Å². The summed E-state index contributed by atoms with van der Waals surface area (Å²) in [4.78, 5) is 31.9. The van der Waals surface area contributed by atoms with Crippen molar-refractivity contribution in [2.45, 2.75) is 6.92 Å². The van der Waals surface area contributed by atoms with Gasteiger partial charge in [-0.3, -0.25) is 4.79 Å². The number of carbonyl (C=O) groups is 1. The van der Waals surface area contributed by atoms with Crippen LogP contribution in [-0.2, 0) is 14.3 Å². The second-order valence-electron chi connectivity index (χ2n) is 8.73. The van der Waals surface area contributed by atoms with Gasteiger partial charge in [-0.2, -0.15) is 0 Å². The molecule has 0 radical (unpaired) electrons. The van der Waals surface area contributed by atoms with E-state index in [2.05, 4.69) is 19.7 Å². The first kappa shape index (κ1) is 24.9. The predicted octanol–water partition coefficient (Wildman–Crippen LogP) is 2.67. The lowest BCUT2D eigenvalue weighted by Gasteiger charge is -2.25. The first-order valence-corrected chi connectivity index (χ1v) is 13.6. The largest absolute Gasteiger partial charge is 0.378 e. The molecule has 0 atom stereocenters. The van der Waals surface area contributed by atoms with E-state index in [-0.39, 0.29) is 5.91 Å². The van der Waals surface area contributed by atoms with Crippen LogP contribution < -0.4 is 15.1 Å². The number of amidine groups is 1. The molecule has 0 saturated carbocycles. The number of thiazole rings is 1. The van der Waals surface area contributed by atoms with Gasteiger partial charge in [0.05, 0.1) is 32.1 Å². The van der Waals surface area contributed by atoms with Crippen LogP contribution in [0.3, 0.4) is 0 Å². The first-order valence-electron chi connectivity index (χ1n) is 11.9. The molecule has 2 aromatic rings. The average Bonchev–Trinajstić information content (AvgIpc) is 3.49. The van der Waals surface area contributed by atoms with Gasteiger partial charge in [0.1, 0.15) is 18.0 Å². The molecule has 1 amide bonds. The maximum Gasteiger partial charge on any atom is 0.361 e. The SMILES string of the molecule is CC(=O)Nc1nc(N2CCOCC2)sc1C1=NC(=[N+]2CCOCC2)SC1=Nc1ccc(N(C)C)cc1. The molecule has 36 heavy (non-hydrogen) atoms. The summed E-state index contributed by atoms with van der Waals surface area (Å²) in [6, 6.07) is 8.12. The fourth-order valence-corrected chi connectivity index (χ4v) is 6.11. The summed E-state index contributed by atoms with van der Waals surface area (Å²) in [7, 11) is 4.03. The molecule has 12 heteroatoms. The smallest absolute Gasteiger partial charge is 0.361 e. The van der Waals surface area contributed by atoms with Gasteiger partial charge in [-0.15, -0.1) is 0 Å². The highest BCUT2D eigenvalue weighted by Crippen LogP contribution is 2.36. The second-order valence-corrected chi connectivity index (χ2v) is 10.7. The Balaban J connectivity index is 1.57. The molecule has 3 aliphatic rings. The van der Waals surface area contributed by atoms with Gasteiger partial charge < -0.3 is 24.6 Å². The first-order chi connectivity index (χ1) is 17.5. The van der Waals surface area contributed by atoms with Gasteiger partial charge in [-0.25, -0.2) is 14.6 Å². The number of anilines is 3. The molecule has 1 aromatic carbocycles. The Morgan fingerprint density at radius 1 is 1.11 bits per heavy atom. The predicted molar refractivity (Wildman–Crippen MR) is 147 cm³/mol. The average molecular weight is 529 g/mol. The Morgan fingerprint density at radius 2 is 1.81 bits per heavy atom. The highest BCUT2D eigenvalue weighted by Gasteiger charge is 2.38. The molecule has 1 N–H and O–H groups in total. The monoisotopic (exact) mass is 528 g/mol. The minimum absolute atomic E-state index is 0.170. The highest BCUT2D eigenvalue weighted by molar-refractivity contribution is 8.28. The lowest BCUT2D eigenvalue weighted by Crippen LogP contribution is -2.36. The zero-order valence-electron chi connectivity index (χ0n) is 20.7. The van der Waals surface area contributed by atoms with E-state index in [1.807, 2.05) is 38.4 Å². The molecular formula is C24H30N7O3S2+. The third-order valence-corrected chi connectivity index (χ3v) is 8.02. The number of rotatable bonds is 5. The number of thioether (sulfide) groups is 1. The van der Waals surface area contributed by atoms with Crippen molar-refractivity contribution in [2.75, 3.05) is 81.8 Å². The number of ether oxygens (including phenoxy) is 2. The molecule has 10 nitrogen and oxygen atoms in total. The number of morpholine rings is 2. The van der Waals surface area contributed by atoms with Gasteiger partial charge >= 0.3 is 5.17 Å². The van der Waals surface area contributed by atoms with Crippen LogP contribution in [0.25, 0.3) is 0 Å². The fraction of sp³-hybridized carbons (Fsp3) is 0.458. The number of hydrogen-bond donors (Lipinski definition) is 1. The molecule has 4 heterocycles. The Morgan fingerprint density at radius 3 is 2.47 bits per heavy atom. The molecule has 2 saturated heterocycles. The van der Waals surface area contributed by atoms with Crippen molar-refractivity contribution < 1.29 is 18.8 Å². The summed E-state index contributed by atoms with van der Waals surface area (Å²) in [6.45, 7) is 7.25. The second kappa shape index (κ2) is 11.1. The summed E-state index contributed by atoms with van der Waals surface area (Å²) in [5.74, 6) is 0.351. The molecule has 2 fully saturated rings. The summed E-state index contributed by atoms with van der Waals surface area (Å²) in [6.07, 6.45) is 0. The standard InChI is InChI=1S/C24H29N7O3S2/c1-16(32)25-21-20(35-24(28-21)31-10-14-34-15-11-31)19-22(26-17-4-6-18(7-5-17)29(2)3)36-23(27-19)30-8-12-33-13-9-30/h4-7H,8-15H2,1-3H3/p+1. The highest BCUT2D eigenvalue weighted by atomic mass is 32.2. The summed E-state index contributed by atoms with van der Waals surface area (Å²) < 4.78 is 13.3. The van der Waals surface area contributed by atoms with Crippen molar-refractivity contribution in [3.63, 3.8) is 0 Å². The minimum Gasteiger partial charge on any atom is -0.378 e. The fourth-order valence-electron chi connectivity index (χ4n) is 3.97. The van der Waals surface area contributed by atoms with Crippen molar-refractivity contribution in [3.8, 4) is 0 Å². The third kappa shape index (κ3) is 5.61. The number of amides is 1. The van der Waals surface area contributed by atoms with Crippen molar-refractivity contribution in [3.05, 3.63) is 29.1 Å². The molecule has 0 unspecified atom stereocenters. The Kier molecular flexibility index (Phi) is 7.65. The quantitative estimate of drug-likeness (QED) is 0.597. The maximum absolute atomic E-state index is 12.1. The van der Waals surface area contributed by atoms with Crippen LogP contribution in [0.5, 0.6) is 0 Å². The van der Waals surface area contributed by atoms with E-state index in [0.717, 1.165) is 63.5 Å². The van der Waals surface area contributed by atoms with Gasteiger partial charge in [0.15, 0.2) is 16.0 Å². The van der Waals surface area contributed by atoms with Gasteiger partial charge in [0.2, 0.25) is 11.6 Å². The zero-order valence-corrected chi connectivity index (χ0v) is 22.3. The number of aliphatic imine (C=N–C) groups is 2. The summed E-state index contributed by atoms with van der Waals surface area (Å²) in [5.41, 5.74) is 2.69. The number of benzene rings is 1. The Hall–Kier alpha value is -2.80. The molecule has 1 aromatic heterocycles. The molecule has 3 aliphatic heterocycles. The minimum atomic E-state index is -0.170. The number of aromatic nitrogens is 1. The van der Waals surface area contributed by atoms with Crippen LogP contribution in [-0.4, -0.2) is 98.1 Å². The van der Waals surface area contributed by atoms with E-state index in [9.17, 15) is 4.79 Å². The number of nitrogens with zero attached hydrogens (tertiary/aromatic N) is 6. The van der Waals surface area contributed by atoms with Crippen LogP contribution in [0.4, 0.5) is 22.3 Å². The van der Waals surface area contributed by atoms with Crippen molar-refractivity contribution in [1.82, 2.24) is 4.98 Å². The topological polar surface area (TPSA) is 94.7 Å². The molecular weight excluding hydrogens is 498 g/mol. The van der Waals surface area contributed by atoms with E-state index < -0.39 is 0 Å². The van der Waals surface area contributed by atoms with Crippen LogP contribution in [0.1, 0.15) is 11.8 Å². The van der Waals surface area contributed by atoms with Gasteiger partial charge in [0, 0.05) is 51.6 Å². The number of carbonyl (C=O) groups excluding carboxylic acids is 1. The molecule has 190 valence electrons. The lowest BCUT2D eigenvalue weighted by atomic mass is 10.2. The lowest BCUT2D eigenvalue weighted by molar-refractivity contribution is -0.547. The van der Waals surface area contributed by atoms with Crippen molar-refractivity contribution >= 4 is 67.3 Å². The van der Waals surface area contributed by atoms with E-state index >= 15 is 0 Å². The van der Waals surface area contributed by atoms with Gasteiger partial charge in [-0.05, 0) is 29.3 Å². The van der Waals surface area contributed by atoms with E-state index in [0.29, 0.717) is 32.2 Å². The van der Waals surface area contributed by atoms with Gasteiger partial charge in [-0.1, -0.05) is 11.3 Å². The molecule has 0 bridgehead atoms. The number of hydrogen-bond acceptors (Lipinski definition) is 9. The normalized spacial score (nSPS) is 19.6. The number of nitrogens with one attached hydrogen (secondary N) is 1. The van der Waals surface area contributed by atoms with Crippen LogP contribution >= 0.6 is 23.1 Å². The van der Waals surface area contributed by atoms with Crippen molar-refractivity contribution in [2.24, 2.45) is 9.98 Å². The van der Waals surface area contributed by atoms with Gasteiger partial charge in [0.25, 0.3) is 0 Å². The van der Waals surface area contributed by atoms with E-state index in [4.69, 9.17) is 24.4 Å². The zero-order chi connectivity index (χ0) is 25.1. The summed E-state index contributed by atoms with van der Waals surface area (Å²) in [5, 5.41) is 5.45. The maximum atomic E-state index is 12.1. The Bertz CT molecular complexity index is 1210. The Labute approximate surface area is 218 Å².